The summed E-state index contributed by atoms with van der Waals surface area (Å²) in [6, 6.07) is 15.3. The van der Waals surface area contributed by atoms with Gasteiger partial charge in [0, 0.05) is 37.7 Å². The second-order valence-electron chi connectivity index (χ2n) is 7.31. The molecule has 0 bridgehead atoms. The molecule has 2 aliphatic rings. The highest BCUT2D eigenvalue weighted by atomic mass is 35.5. The summed E-state index contributed by atoms with van der Waals surface area (Å²) >= 11 is 5.99. The molecule has 0 saturated carbocycles. The van der Waals surface area contributed by atoms with Crippen molar-refractivity contribution in [2.45, 2.75) is 25.9 Å². The van der Waals surface area contributed by atoms with Gasteiger partial charge in [-0.05, 0) is 59.8 Å². The van der Waals surface area contributed by atoms with Gasteiger partial charge in [-0.25, -0.2) is 0 Å². The summed E-state index contributed by atoms with van der Waals surface area (Å²) in [4.78, 5) is 4.95. The van der Waals surface area contributed by atoms with Gasteiger partial charge in [0.05, 0.1) is 0 Å². The Hall–Kier alpha value is -1.61. The third-order valence-electron chi connectivity index (χ3n) is 5.39. The molecule has 0 saturated heterocycles. The van der Waals surface area contributed by atoms with Crippen LogP contribution < -0.4 is 0 Å². The molecule has 0 radical (unpaired) electrons. The van der Waals surface area contributed by atoms with Crippen LogP contribution >= 0.6 is 11.6 Å². The molecule has 0 fully saturated rings. The maximum atomic E-state index is 5.99. The molecule has 0 N–H and O–H groups in total. The van der Waals surface area contributed by atoms with Crippen LogP contribution in [0.25, 0.3) is 5.57 Å². The molecule has 2 aromatic carbocycles. The summed E-state index contributed by atoms with van der Waals surface area (Å²) in [6.45, 7) is 5.45. The Kier molecular flexibility index (Phi) is 4.93. The van der Waals surface area contributed by atoms with Crippen LogP contribution in [-0.2, 0) is 19.5 Å². The summed E-state index contributed by atoms with van der Waals surface area (Å²) in [6.07, 6.45) is 4.66. The number of hydrogen-bond donors (Lipinski definition) is 0. The summed E-state index contributed by atoms with van der Waals surface area (Å²) < 4.78 is 0. The Morgan fingerprint density at radius 1 is 0.960 bits per heavy atom. The molecule has 2 aromatic rings. The van der Waals surface area contributed by atoms with Crippen LogP contribution in [0.3, 0.4) is 0 Å². The first kappa shape index (κ1) is 16.8. The minimum atomic E-state index is 0.805. The minimum Gasteiger partial charge on any atom is -0.302 e. The lowest BCUT2D eigenvalue weighted by molar-refractivity contribution is 0.292. The average Bonchev–Trinajstić information content (AvgIpc) is 2.63. The van der Waals surface area contributed by atoms with Gasteiger partial charge < -0.3 is 4.90 Å². The third-order valence-corrected chi connectivity index (χ3v) is 5.64. The molecule has 130 valence electrons. The Morgan fingerprint density at radius 3 is 2.56 bits per heavy atom. The van der Waals surface area contributed by atoms with E-state index in [2.05, 4.69) is 53.3 Å². The average molecular weight is 353 g/mol. The van der Waals surface area contributed by atoms with E-state index in [1.165, 1.54) is 40.8 Å². The third kappa shape index (κ3) is 3.98. The molecule has 4 rings (SSSR count). The van der Waals surface area contributed by atoms with Crippen LogP contribution in [-0.4, -0.2) is 36.5 Å². The van der Waals surface area contributed by atoms with E-state index in [1.807, 2.05) is 12.1 Å². The summed E-state index contributed by atoms with van der Waals surface area (Å²) in [5.41, 5.74) is 7.24. The Bertz CT molecular complexity index is 779. The Labute approximate surface area is 155 Å². The molecule has 0 aromatic heterocycles. The van der Waals surface area contributed by atoms with E-state index in [9.17, 15) is 0 Å². The molecule has 2 aliphatic heterocycles. The predicted octanol–water partition coefficient (Wildman–Crippen LogP) is 4.62. The maximum absolute atomic E-state index is 5.99. The van der Waals surface area contributed by atoms with E-state index >= 15 is 0 Å². The van der Waals surface area contributed by atoms with Gasteiger partial charge in [-0.1, -0.05) is 48.0 Å². The van der Waals surface area contributed by atoms with Crippen LogP contribution in [0.4, 0.5) is 0 Å². The van der Waals surface area contributed by atoms with Gasteiger partial charge in [-0.15, -0.1) is 0 Å². The monoisotopic (exact) mass is 352 g/mol. The van der Waals surface area contributed by atoms with Gasteiger partial charge in [0.1, 0.15) is 0 Å². The predicted molar refractivity (Wildman–Crippen MR) is 106 cm³/mol. The minimum absolute atomic E-state index is 0.805. The number of rotatable bonds is 3. The number of hydrogen-bond acceptors (Lipinski definition) is 2. The second kappa shape index (κ2) is 7.33. The molecule has 2 heterocycles. The van der Waals surface area contributed by atoms with Gasteiger partial charge >= 0.3 is 0 Å². The fourth-order valence-electron chi connectivity index (χ4n) is 3.89. The van der Waals surface area contributed by atoms with E-state index < -0.39 is 0 Å². The van der Waals surface area contributed by atoms with Gasteiger partial charge in [0.2, 0.25) is 0 Å². The van der Waals surface area contributed by atoms with Crippen LogP contribution in [0.15, 0.2) is 48.5 Å². The van der Waals surface area contributed by atoms with Crippen molar-refractivity contribution in [3.05, 3.63) is 75.8 Å². The normalized spacial score (nSPS) is 18.7. The number of halogens is 1. The van der Waals surface area contributed by atoms with Crippen molar-refractivity contribution < 1.29 is 0 Å². The second-order valence-corrected chi connectivity index (χ2v) is 7.75. The molecular formula is C22H25ClN2. The van der Waals surface area contributed by atoms with Gasteiger partial charge in [0.15, 0.2) is 0 Å². The SMILES string of the molecule is CN1CCc2ccc(CN3CC=C(c4ccc(Cl)cc4)CC3)cc2C1. The smallest absolute Gasteiger partial charge is 0.0406 e. The lowest BCUT2D eigenvalue weighted by Crippen LogP contribution is -2.29. The Morgan fingerprint density at radius 2 is 1.80 bits per heavy atom. The van der Waals surface area contributed by atoms with Crippen molar-refractivity contribution >= 4 is 17.2 Å². The highest BCUT2D eigenvalue weighted by molar-refractivity contribution is 6.30. The first-order valence-corrected chi connectivity index (χ1v) is 9.52. The Balaban J connectivity index is 1.41. The molecular weight excluding hydrogens is 328 g/mol. The van der Waals surface area contributed by atoms with E-state index in [0.717, 1.165) is 37.6 Å². The molecule has 0 spiro atoms. The number of nitrogens with zero attached hydrogens (tertiary/aromatic N) is 2. The van der Waals surface area contributed by atoms with E-state index in [1.54, 1.807) is 0 Å². The quantitative estimate of drug-likeness (QED) is 0.795. The van der Waals surface area contributed by atoms with Crippen LogP contribution in [0.1, 0.15) is 28.7 Å². The zero-order valence-electron chi connectivity index (χ0n) is 14.8. The highest BCUT2D eigenvalue weighted by Gasteiger charge is 2.16. The lowest BCUT2D eigenvalue weighted by atomic mass is 9.96. The number of benzene rings is 2. The van der Waals surface area contributed by atoms with Crippen molar-refractivity contribution in [1.29, 1.82) is 0 Å². The molecule has 0 amide bonds. The first-order valence-electron chi connectivity index (χ1n) is 9.14. The van der Waals surface area contributed by atoms with Crippen molar-refractivity contribution in [1.82, 2.24) is 9.80 Å². The van der Waals surface area contributed by atoms with E-state index in [-0.39, 0.29) is 0 Å². The van der Waals surface area contributed by atoms with Gasteiger partial charge in [-0.3, -0.25) is 4.90 Å². The first-order chi connectivity index (χ1) is 12.2. The zero-order valence-corrected chi connectivity index (χ0v) is 15.6. The van der Waals surface area contributed by atoms with Crippen molar-refractivity contribution in [3.8, 4) is 0 Å². The highest BCUT2D eigenvalue weighted by Crippen LogP contribution is 2.25. The molecule has 3 heteroatoms. The van der Waals surface area contributed by atoms with E-state index in [0.29, 0.717) is 0 Å². The van der Waals surface area contributed by atoms with Crippen LogP contribution in [0.5, 0.6) is 0 Å². The lowest BCUT2D eigenvalue weighted by Gasteiger charge is -2.28. The molecule has 2 nitrogen and oxygen atoms in total. The van der Waals surface area contributed by atoms with Crippen molar-refractivity contribution in [3.63, 3.8) is 0 Å². The molecule has 0 atom stereocenters. The zero-order chi connectivity index (χ0) is 17.2. The van der Waals surface area contributed by atoms with Crippen LogP contribution in [0.2, 0.25) is 5.02 Å². The molecule has 0 unspecified atom stereocenters. The number of likely N-dealkylation sites (N-methyl/N-ethyl adjacent to an activating group) is 1. The summed E-state index contributed by atoms with van der Waals surface area (Å²) in [5.74, 6) is 0. The van der Waals surface area contributed by atoms with Crippen molar-refractivity contribution in [2.24, 2.45) is 0 Å². The fraction of sp³-hybridized carbons (Fsp3) is 0.364. The molecule has 25 heavy (non-hydrogen) atoms. The fourth-order valence-corrected chi connectivity index (χ4v) is 4.02. The largest absolute Gasteiger partial charge is 0.302 e. The topological polar surface area (TPSA) is 6.48 Å². The van der Waals surface area contributed by atoms with Gasteiger partial charge in [-0.2, -0.15) is 0 Å². The summed E-state index contributed by atoms with van der Waals surface area (Å²) in [5, 5.41) is 0.805. The van der Waals surface area contributed by atoms with Gasteiger partial charge in [0.25, 0.3) is 0 Å². The van der Waals surface area contributed by atoms with Crippen LogP contribution in [0, 0.1) is 0 Å². The standard InChI is InChI=1S/C22H25ClN2/c1-24-11-8-19-3-2-17(14-21(19)16-24)15-25-12-9-20(10-13-25)18-4-6-22(23)7-5-18/h2-7,9,14H,8,10-13,15-16H2,1H3. The van der Waals surface area contributed by atoms with E-state index in [4.69, 9.17) is 11.6 Å². The number of fused-ring (bicyclic) bond motifs is 1. The molecule has 0 aliphatic carbocycles. The van der Waals surface area contributed by atoms with Crippen molar-refractivity contribution in [2.75, 3.05) is 26.7 Å². The summed E-state index contributed by atoms with van der Waals surface area (Å²) in [7, 11) is 2.21. The maximum Gasteiger partial charge on any atom is 0.0406 e.